The van der Waals surface area contributed by atoms with Gasteiger partial charge in [-0.1, -0.05) is 12.1 Å². The first-order valence-corrected chi connectivity index (χ1v) is 8.08. The molecule has 7 nitrogen and oxygen atoms in total. The minimum Gasteiger partial charge on any atom is -1.00 e. The van der Waals surface area contributed by atoms with Crippen molar-refractivity contribution in [3.05, 3.63) is 60.2 Å². The smallest absolute Gasteiger partial charge is 0.261 e. The van der Waals surface area contributed by atoms with Gasteiger partial charge in [0, 0.05) is 18.7 Å². The lowest BCUT2D eigenvalue weighted by molar-refractivity contribution is -0.702. The van der Waals surface area contributed by atoms with Crippen LogP contribution < -0.4 is 39.3 Å². The molecule has 0 aliphatic heterocycles. The molecule has 0 atom stereocenters. The van der Waals surface area contributed by atoms with Crippen molar-refractivity contribution in [2.45, 2.75) is 26.4 Å². The van der Waals surface area contributed by atoms with Crippen molar-refractivity contribution in [3.63, 3.8) is 0 Å². The molecular weight excluding hydrogens is 391 g/mol. The SMILES string of the molecule is CCCNC(=O)c1ccc[n+](CC(=O)C[n+]2cccc(/C=N/O)c2)c1.[Cl-].[Cl-]. The fourth-order valence-corrected chi connectivity index (χ4v) is 2.34. The molecule has 9 heteroatoms. The Morgan fingerprint density at radius 2 is 1.74 bits per heavy atom. The third kappa shape index (κ3) is 8.15. The van der Waals surface area contributed by atoms with Crippen LogP contribution in [0.4, 0.5) is 0 Å². The summed E-state index contributed by atoms with van der Waals surface area (Å²) in [7, 11) is 0. The van der Waals surface area contributed by atoms with E-state index in [2.05, 4.69) is 10.5 Å². The molecule has 0 fully saturated rings. The number of hydrogen-bond donors (Lipinski definition) is 2. The van der Waals surface area contributed by atoms with Crippen LogP contribution in [0.15, 0.2) is 54.2 Å². The van der Waals surface area contributed by atoms with Crippen LogP contribution in [0.5, 0.6) is 0 Å². The van der Waals surface area contributed by atoms with Crippen LogP contribution in [0.3, 0.4) is 0 Å². The van der Waals surface area contributed by atoms with Gasteiger partial charge >= 0.3 is 0 Å². The summed E-state index contributed by atoms with van der Waals surface area (Å²) >= 11 is 0. The van der Waals surface area contributed by atoms with E-state index >= 15 is 0 Å². The summed E-state index contributed by atoms with van der Waals surface area (Å²) in [4.78, 5) is 24.3. The molecule has 0 aromatic carbocycles. The Labute approximate surface area is 170 Å². The molecule has 0 radical (unpaired) electrons. The second kappa shape index (κ2) is 12.8. The molecule has 0 unspecified atom stereocenters. The topological polar surface area (TPSA) is 86.5 Å². The Morgan fingerprint density at radius 1 is 1.11 bits per heavy atom. The van der Waals surface area contributed by atoms with E-state index in [1.165, 1.54) is 6.21 Å². The Bertz CT molecular complexity index is 785. The Kier molecular flexibility index (Phi) is 11.6. The predicted molar refractivity (Wildman–Crippen MR) is 90.3 cm³/mol. The van der Waals surface area contributed by atoms with Crippen molar-refractivity contribution in [3.8, 4) is 0 Å². The molecule has 2 heterocycles. The van der Waals surface area contributed by atoms with E-state index in [1.807, 2.05) is 6.92 Å². The maximum absolute atomic E-state index is 12.3. The van der Waals surface area contributed by atoms with Crippen LogP contribution in [0.1, 0.15) is 29.3 Å². The molecule has 0 aliphatic rings. The van der Waals surface area contributed by atoms with E-state index in [-0.39, 0.29) is 49.6 Å². The highest BCUT2D eigenvalue weighted by atomic mass is 35.5. The first-order valence-electron chi connectivity index (χ1n) is 8.08. The lowest BCUT2D eigenvalue weighted by Gasteiger charge is -2.02. The molecule has 2 aromatic rings. The molecule has 27 heavy (non-hydrogen) atoms. The van der Waals surface area contributed by atoms with Gasteiger partial charge in [0.1, 0.15) is 5.56 Å². The monoisotopic (exact) mass is 412 g/mol. The van der Waals surface area contributed by atoms with Crippen LogP contribution in [0.2, 0.25) is 0 Å². The minimum absolute atomic E-state index is 0. The fraction of sp³-hybridized carbons (Fsp3) is 0.278. The number of nitrogens with zero attached hydrogens (tertiary/aromatic N) is 3. The van der Waals surface area contributed by atoms with Gasteiger partial charge in [-0.15, -0.1) is 0 Å². The van der Waals surface area contributed by atoms with Crippen LogP contribution in [0, 0.1) is 0 Å². The highest BCUT2D eigenvalue weighted by molar-refractivity contribution is 5.93. The van der Waals surface area contributed by atoms with E-state index < -0.39 is 0 Å². The number of oxime groups is 1. The second-order valence-corrected chi connectivity index (χ2v) is 5.61. The number of nitrogens with one attached hydrogen (secondary N) is 1. The Hall–Kier alpha value is -2.51. The number of Topliss-reactive ketones (excluding diaryl/α,β-unsaturated/α-hetero) is 1. The van der Waals surface area contributed by atoms with Gasteiger partial charge in [-0.25, -0.2) is 0 Å². The Morgan fingerprint density at radius 3 is 2.37 bits per heavy atom. The van der Waals surface area contributed by atoms with Crippen LogP contribution in [0.25, 0.3) is 0 Å². The molecule has 0 bridgehead atoms. The molecule has 0 saturated carbocycles. The number of hydrogen-bond acceptors (Lipinski definition) is 4. The number of halogens is 2. The van der Waals surface area contributed by atoms with E-state index in [0.717, 1.165) is 6.42 Å². The minimum atomic E-state index is -0.144. The first kappa shape index (κ1) is 24.5. The van der Waals surface area contributed by atoms with E-state index in [0.29, 0.717) is 17.7 Å². The first-order chi connectivity index (χ1) is 12.1. The number of rotatable bonds is 8. The number of amides is 1. The van der Waals surface area contributed by atoms with Gasteiger partial charge in [0.2, 0.25) is 13.1 Å². The van der Waals surface area contributed by atoms with Gasteiger partial charge < -0.3 is 35.3 Å². The lowest BCUT2D eigenvalue weighted by Crippen LogP contribution is -3.00. The Balaban J connectivity index is 0.00000338. The van der Waals surface area contributed by atoms with Crippen molar-refractivity contribution < 1.29 is 48.7 Å². The summed E-state index contributed by atoms with van der Waals surface area (Å²) in [5.41, 5.74) is 1.22. The number of carbonyl (C=O) groups is 2. The van der Waals surface area contributed by atoms with Crippen LogP contribution >= 0.6 is 0 Å². The summed E-state index contributed by atoms with van der Waals surface area (Å²) in [6.07, 6.45) is 9.08. The standard InChI is InChI=1S/C18H20N4O3.2ClH/c1-2-7-19-18(24)16-6-4-9-22(12-16)14-17(23)13-21-8-3-5-15(11-21)10-20-25;;/h3-6,8-12H,2,7,13-14H2,1H3;2*1H/b20-10+;;. The molecule has 2 N–H and O–H groups in total. The third-order valence-corrected chi connectivity index (χ3v) is 3.46. The maximum Gasteiger partial charge on any atom is 0.261 e. The maximum atomic E-state index is 12.3. The zero-order chi connectivity index (χ0) is 18.1. The average molecular weight is 413 g/mol. The second-order valence-electron chi connectivity index (χ2n) is 5.61. The van der Waals surface area contributed by atoms with Gasteiger partial charge in [-0.2, -0.15) is 9.13 Å². The quantitative estimate of drug-likeness (QED) is 0.196. The summed E-state index contributed by atoms with van der Waals surface area (Å²) in [6.45, 7) is 2.96. The van der Waals surface area contributed by atoms with Crippen LogP contribution in [-0.4, -0.2) is 29.7 Å². The molecule has 0 saturated heterocycles. The number of carbonyl (C=O) groups excluding carboxylic acids is 2. The van der Waals surface area contributed by atoms with Crippen molar-refractivity contribution in [2.24, 2.45) is 5.16 Å². The largest absolute Gasteiger partial charge is 1.00 e. The third-order valence-electron chi connectivity index (χ3n) is 3.46. The van der Waals surface area contributed by atoms with E-state index in [1.54, 1.807) is 58.2 Å². The zero-order valence-corrected chi connectivity index (χ0v) is 16.4. The highest BCUT2D eigenvalue weighted by Crippen LogP contribution is 1.95. The van der Waals surface area contributed by atoms with Crippen LogP contribution in [-0.2, 0) is 17.9 Å². The van der Waals surface area contributed by atoms with Crippen molar-refractivity contribution in [1.29, 1.82) is 0 Å². The highest BCUT2D eigenvalue weighted by Gasteiger charge is 2.17. The molecule has 2 aromatic heterocycles. The van der Waals surface area contributed by atoms with E-state index in [9.17, 15) is 9.59 Å². The van der Waals surface area contributed by atoms with Gasteiger partial charge in [-0.05, 0) is 18.6 Å². The van der Waals surface area contributed by atoms with Gasteiger partial charge in [0.15, 0.2) is 24.8 Å². The number of aromatic nitrogens is 2. The molecule has 0 spiro atoms. The van der Waals surface area contributed by atoms with Gasteiger partial charge in [0.05, 0.1) is 11.8 Å². The zero-order valence-electron chi connectivity index (χ0n) is 14.9. The summed E-state index contributed by atoms with van der Waals surface area (Å²) in [5.74, 6) is -0.159. The number of pyridine rings is 2. The molecule has 146 valence electrons. The predicted octanol–water partition coefficient (Wildman–Crippen LogP) is -5.51. The molecule has 0 aliphatic carbocycles. The van der Waals surface area contributed by atoms with Crippen molar-refractivity contribution in [2.75, 3.05) is 6.54 Å². The lowest BCUT2D eigenvalue weighted by atomic mass is 10.2. The fourth-order valence-electron chi connectivity index (χ4n) is 2.34. The molecule has 2 rings (SSSR count). The average Bonchev–Trinajstić information content (AvgIpc) is 2.60. The van der Waals surface area contributed by atoms with Crippen molar-refractivity contribution in [1.82, 2.24) is 5.32 Å². The summed E-state index contributed by atoms with van der Waals surface area (Å²) in [6, 6.07) is 7.02. The summed E-state index contributed by atoms with van der Waals surface area (Å²) in [5, 5.41) is 14.4. The number of ketones is 1. The normalized spacial score (nSPS) is 9.96. The van der Waals surface area contributed by atoms with E-state index in [4.69, 9.17) is 5.21 Å². The van der Waals surface area contributed by atoms with Crippen molar-refractivity contribution >= 4 is 17.9 Å². The van der Waals surface area contributed by atoms with Gasteiger partial charge in [-0.3, -0.25) is 9.59 Å². The van der Waals surface area contributed by atoms with Gasteiger partial charge in [0.25, 0.3) is 11.7 Å². The summed E-state index contributed by atoms with van der Waals surface area (Å²) < 4.78 is 3.42. The molecule has 1 amide bonds. The molecular formula is C18H22Cl2N4O3.